The van der Waals surface area contributed by atoms with Gasteiger partial charge in [-0.2, -0.15) is 0 Å². The lowest BCUT2D eigenvalue weighted by Gasteiger charge is -2.13. The number of nitrogens with two attached hydrogens (primary N) is 1. The van der Waals surface area contributed by atoms with Gasteiger partial charge in [0.25, 0.3) is 0 Å². The highest BCUT2D eigenvalue weighted by molar-refractivity contribution is 5.68. The maximum Gasteiger partial charge on any atom is 0.305 e. The van der Waals surface area contributed by atoms with Crippen LogP contribution in [0.5, 0.6) is 5.75 Å². The molecule has 0 aliphatic heterocycles. The molecule has 1 atom stereocenters. The van der Waals surface area contributed by atoms with Crippen molar-refractivity contribution in [3.63, 3.8) is 0 Å². The number of carboxylic acids is 1. The third kappa shape index (κ3) is 2.66. The second-order valence-corrected chi connectivity index (χ2v) is 3.36. The molecule has 0 radical (unpaired) electrons. The van der Waals surface area contributed by atoms with Crippen molar-refractivity contribution >= 4 is 5.97 Å². The van der Waals surface area contributed by atoms with Crippen molar-refractivity contribution in [2.45, 2.75) is 19.4 Å². The SMILES string of the molecule is Cc1cc(F)cc(C(N)CC(=O)O)c1O. The second-order valence-electron chi connectivity index (χ2n) is 3.36. The van der Waals surface area contributed by atoms with E-state index in [4.69, 9.17) is 10.8 Å². The number of halogens is 1. The van der Waals surface area contributed by atoms with E-state index in [2.05, 4.69) is 0 Å². The fourth-order valence-corrected chi connectivity index (χ4v) is 1.34. The van der Waals surface area contributed by atoms with Crippen LogP contribution in [0.2, 0.25) is 0 Å². The first-order chi connectivity index (χ1) is 6.91. The number of hydrogen-bond acceptors (Lipinski definition) is 3. The lowest BCUT2D eigenvalue weighted by Crippen LogP contribution is -2.15. The van der Waals surface area contributed by atoms with Crippen molar-refractivity contribution in [2.75, 3.05) is 0 Å². The summed E-state index contributed by atoms with van der Waals surface area (Å²) in [6.07, 6.45) is -0.351. The zero-order valence-corrected chi connectivity index (χ0v) is 8.20. The number of rotatable bonds is 3. The molecule has 0 bridgehead atoms. The Hall–Kier alpha value is -1.62. The van der Waals surface area contributed by atoms with Gasteiger partial charge in [0.2, 0.25) is 0 Å². The topological polar surface area (TPSA) is 83.6 Å². The minimum absolute atomic E-state index is 0.120. The summed E-state index contributed by atoms with van der Waals surface area (Å²) in [5, 5.41) is 18.1. The summed E-state index contributed by atoms with van der Waals surface area (Å²) in [4.78, 5) is 10.4. The molecule has 0 heterocycles. The first kappa shape index (κ1) is 11.5. The van der Waals surface area contributed by atoms with E-state index in [1.54, 1.807) is 0 Å². The highest BCUT2D eigenvalue weighted by Gasteiger charge is 2.16. The van der Waals surface area contributed by atoms with Crippen LogP contribution >= 0.6 is 0 Å². The molecule has 1 rings (SSSR count). The van der Waals surface area contributed by atoms with Gasteiger partial charge in [-0.1, -0.05) is 0 Å². The molecule has 82 valence electrons. The Bertz CT molecular complexity index is 392. The fourth-order valence-electron chi connectivity index (χ4n) is 1.34. The minimum Gasteiger partial charge on any atom is -0.507 e. The average Bonchev–Trinajstić information content (AvgIpc) is 2.09. The van der Waals surface area contributed by atoms with Gasteiger partial charge in [0.1, 0.15) is 11.6 Å². The molecule has 0 spiro atoms. The van der Waals surface area contributed by atoms with Gasteiger partial charge < -0.3 is 15.9 Å². The van der Waals surface area contributed by atoms with Crippen LogP contribution in [-0.4, -0.2) is 16.2 Å². The third-order valence-corrected chi connectivity index (χ3v) is 2.09. The molecule has 0 aliphatic carbocycles. The van der Waals surface area contributed by atoms with Crippen LogP contribution in [-0.2, 0) is 4.79 Å². The highest BCUT2D eigenvalue weighted by atomic mass is 19.1. The highest BCUT2D eigenvalue weighted by Crippen LogP contribution is 2.29. The molecule has 0 aromatic heterocycles. The largest absolute Gasteiger partial charge is 0.507 e. The van der Waals surface area contributed by atoms with Crippen LogP contribution in [0, 0.1) is 12.7 Å². The lowest BCUT2D eigenvalue weighted by molar-refractivity contribution is -0.137. The van der Waals surface area contributed by atoms with E-state index in [0.717, 1.165) is 12.1 Å². The normalized spacial score (nSPS) is 12.5. The van der Waals surface area contributed by atoms with Gasteiger partial charge in [0.05, 0.1) is 6.42 Å². The summed E-state index contributed by atoms with van der Waals surface area (Å²) in [5.74, 6) is -1.78. The molecule has 4 N–H and O–H groups in total. The van der Waals surface area contributed by atoms with Gasteiger partial charge in [0.15, 0.2) is 0 Å². The zero-order chi connectivity index (χ0) is 11.6. The Labute approximate surface area is 86.1 Å². The van der Waals surface area contributed by atoms with E-state index < -0.39 is 17.8 Å². The number of hydrogen-bond donors (Lipinski definition) is 3. The van der Waals surface area contributed by atoms with Crippen molar-refractivity contribution in [1.29, 1.82) is 0 Å². The number of phenolic OH excluding ortho intramolecular Hbond substituents is 1. The van der Waals surface area contributed by atoms with Crippen molar-refractivity contribution in [3.8, 4) is 5.75 Å². The van der Waals surface area contributed by atoms with Crippen molar-refractivity contribution in [3.05, 3.63) is 29.1 Å². The van der Waals surface area contributed by atoms with E-state index >= 15 is 0 Å². The molecule has 5 heteroatoms. The number of phenols is 1. The molecule has 1 unspecified atom stereocenters. The summed E-state index contributed by atoms with van der Waals surface area (Å²) in [6.45, 7) is 1.52. The Morgan fingerprint density at radius 2 is 2.20 bits per heavy atom. The van der Waals surface area contributed by atoms with Crippen molar-refractivity contribution in [2.24, 2.45) is 5.73 Å². The lowest BCUT2D eigenvalue weighted by atomic mass is 10.0. The number of aryl methyl sites for hydroxylation is 1. The number of carbonyl (C=O) groups is 1. The van der Waals surface area contributed by atoms with Crippen LogP contribution in [0.1, 0.15) is 23.6 Å². The monoisotopic (exact) mass is 213 g/mol. The predicted molar refractivity (Wildman–Crippen MR) is 52.0 cm³/mol. The number of aromatic hydroxyl groups is 1. The predicted octanol–water partition coefficient (Wildman–Crippen LogP) is 1.31. The van der Waals surface area contributed by atoms with Crippen molar-refractivity contribution < 1.29 is 19.4 Å². The van der Waals surface area contributed by atoms with E-state index in [1.807, 2.05) is 0 Å². The average molecular weight is 213 g/mol. The van der Waals surface area contributed by atoms with Crippen molar-refractivity contribution in [1.82, 2.24) is 0 Å². The van der Waals surface area contributed by atoms with E-state index in [0.29, 0.717) is 5.56 Å². The standard InChI is InChI=1S/C10H12FNO3/c1-5-2-6(11)3-7(10(5)15)8(12)4-9(13)14/h2-3,8,15H,4,12H2,1H3,(H,13,14). The van der Waals surface area contributed by atoms with Gasteiger partial charge in [-0.25, -0.2) is 4.39 Å². The van der Waals surface area contributed by atoms with E-state index in [9.17, 15) is 14.3 Å². The van der Waals surface area contributed by atoms with Crippen LogP contribution < -0.4 is 5.73 Å². The Morgan fingerprint density at radius 1 is 1.60 bits per heavy atom. The molecule has 4 nitrogen and oxygen atoms in total. The van der Waals surface area contributed by atoms with Crippen LogP contribution in [0.3, 0.4) is 0 Å². The summed E-state index contributed by atoms with van der Waals surface area (Å²) >= 11 is 0. The molecule has 0 amide bonds. The molecular weight excluding hydrogens is 201 g/mol. The van der Waals surface area contributed by atoms with Gasteiger partial charge in [-0.05, 0) is 24.6 Å². The molecule has 0 saturated carbocycles. The maximum absolute atomic E-state index is 13.0. The Balaban J connectivity index is 3.07. The first-order valence-corrected chi connectivity index (χ1v) is 4.38. The number of benzene rings is 1. The number of aliphatic carboxylic acids is 1. The molecule has 0 fully saturated rings. The molecular formula is C10H12FNO3. The molecule has 0 aliphatic rings. The Morgan fingerprint density at radius 3 is 2.73 bits per heavy atom. The zero-order valence-electron chi connectivity index (χ0n) is 8.20. The molecule has 1 aromatic rings. The molecule has 1 aromatic carbocycles. The molecule has 15 heavy (non-hydrogen) atoms. The van der Waals surface area contributed by atoms with Crippen LogP contribution in [0.15, 0.2) is 12.1 Å². The van der Waals surface area contributed by atoms with Crippen LogP contribution in [0.25, 0.3) is 0 Å². The molecule has 0 saturated heterocycles. The second kappa shape index (κ2) is 4.27. The van der Waals surface area contributed by atoms with Crippen LogP contribution in [0.4, 0.5) is 4.39 Å². The summed E-state index contributed by atoms with van der Waals surface area (Å²) in [7, 11) is 0. The summed E-state index contributed by atoms with van der Waals surface area (Å²) in [6, 6.07) is 1.30. The summed E-state index contributed by atoms with van der Waals surface area (Å²) in [5.41, 5.74) is 5.99. The fraction of sp³-hybridized carbons (Fsp3) is 0.300. The quantitative estimate of drug-likeness (QED) is 0.706. The van der Waals surface area contributed by atoms with E-state index in [-0.39, 0.29) is 17.7 Å². The van der Waals surface area contributed by atoms with Gasteiger partial charge in [0, 0.05) is 11.6 Å². The first-order valence-electron chi connectivity index (χ1n) is 4.38. The minimum atomic E-state index is -1.09. The Kier molecular flexibility index (Phi) is 3.26. The van der Waals surface area contributed by atoms with Gasteiger partial charge in [-0.15, -0.1) is 0 Å². The summed E-state index contributed by atoms with van der Waals surface area (Å²) < 4.78 is 13.0. The van der Waals surface area contributed by atoms with E-state index in [1.165, 1.54) is 6.92 Å². The third-order valence-electron chi connectivity index (χ3n) is 2.09. The van der Waals surface area contributed by atoms with Gasteiger partial charge in [-0.3, -0.25) is 4.79 Å². The number of carboxylic acid groups (broad SMARTS) is 1. The van der Waals surface area contributed by atoms with Gasteiger partial charge >= 0.3 is 5.97 Å². The smallest absolute Gasteiger partial charge is 0.305 e. The maximum atomic E-state index is 13.0.